The van der Waals surface area contributed by atoms with Crippen LogP contribution in [0, 0.1) is 0 Å². The van der Waals surface area contributed by atoms with Gasteiger partial charge in [-0.2, -0.15) is 24.7 Å². The van der Waals surface area contributed by atoms with E-state index < -0.39 is 0 Å². The molecule has 0 saturated heterocycles. The monoisotopic (exact) mass is 285 g/mol. The van der Waals surface area contributed by atoms with Crippen LogP contribution in [0.1, 0.15) is 0 Å². The third-order valence-electron chi connectivity index (χ3n) is 2.51. The molecule has 106 valence electrons. The fraction of sp³-hybridized carbons (Fsp3) is 0.0833. The van der Waals surface area contributed by atoms with Gasteiger partial charge in [-0.05, 0) is 12.1 Å². The zero-order valence-corrected chi connectivity index (χ0v) is 11.0. The number of nitrogens with two attached hydrogens (primary N) is 1. The molecule has 0 spiro atoms. The van der Waals surface area contributed by atoms with Crippen molar-refractivity contribution in [2.24, 2.45) is 0 Å². The Labute approximate surface area is 119 Å². The molecule has 0 radical (unpaired) electrons. The number of rotatable bonds is 4. The van der Waals surface area contributed by atoms with Crippen molar-refractivity contribution < 1.29 is 9.47 Å². The molecule has 0 amide bonds. The normalized spacial score (nSPS) is 10.3. The minimum atomic E-state index is 0.0143. The molecular formula is C12H11N7O2. The van der Waals surface area contributed by atoms with Crippen molar-refractivity contribution in [1.29, 1.82) is 0 Å². The molecule has 2 aromatic heterocycles. The van der Waals surface area contributed by atoms with Crippen molar-refractivity contribution in [1.82, 2.24) is 29.7 Å². The van der Waals surface area contributed by atoms with Crippen LogP contribution >= 0.6 is 0 Å². The molecule has 9 nitrogen and oxygen atoms in total. The quantitative estimate of drug-likeness (QED) is 0.749. The second-order valence-electron chi connectivity index (χ2n) is 3.87. The number of benzene rings is 1. The fourth-order valence-corrected chi connectivity index (χ4v) is 1.62. The van der Waals surface area contributed by atoms with E-state index in [2.05, 4.69) is 25.0 Å². The number of nitrogens with zero attached hydrogens (tertiary/aromatic N) is 6. The Morgan fingerprint density at radius 1 is 1.10 bits per heavy atom. The van der Waals surface area contributed by atoms with E-state index in [1.807, 2.05) is 6.07 Å². The van der Waals surface area contributed by atoms with Gasteiger partial charge in [-0.15, -0.1) is 0 Å². The molecule has 0 atom stereocenters. The Bertz CT molecular complexity index is 745. The Balaban J connectivity index is 1.96. The Morgan fingerprint density at radius 3 is 2.62 bits per heavy atom. The minimum absolute atomic E-state index is 0.0143. The van der Waals surface area contributed by atoms with E-state index >= 15 is 0 Å². The topological polar surface area (TPSA) is 114 Å². The van der Waals surface area contributed by atoms with Gasteiger partial charge in [0.2, 0.25) is 5.95 Å². The summed E-state index contributed by atoms with van der Waals surface area (Å²) in [6.07, 6.45) is 2.81. The van der Waals surface area contributed by atoms with Gasteiger partial charge in [0.15, 0.2) is 11.5 Å². The number of hydrogen-bond donors (Lipinski definition) is 1. The van der Waals surface area contributed by atoms with Crippen molar-refractivity contribution in [3.8, 4) is 23.5 Å². The summed E-state index contributed by atoms with van der Waals surface area (Å²) < 4.78 is 12.1. The van der Waals surface area contributed by atoms with Crippen LogP contribution in [0.5, 0.6) is 17.5 Å². The zero-order valence-electron chi connectivity index (χ0n) is 11.0. The molecule has 0 bridgehead atoms. The summed E-state index contributed by atoms with van der Waals surface area (Å²) in [6, 6.07) is 7.17. The van der Waals surface area contributed by atoms with Crippen LogP contribution in [-0.4, -0.2) is 36.8 Å². The molecule has 0 aliphatic carbocycles. The molecule has 21 heavy (non-hydrogen) atoms. The van der Waals surface area contributed by atoms with Crippen LogP contribution < -0.4 is 15.2 Å². The SMILES string of the molecule is COc1ccccc1Oc1nc(N)nc(-n2cncn2)n1. The van der Waals surface area contributed by atoms with Crippen LogP contribution in [-0.2, 0) is 0 Å². The van der Waals surface area contributed by atoms with Crippen LogP contribution in [0.15, 0.2) is 36.9 Å². The molecule has 0 aliphatic rings. The highest BCUT2D eigenvalue weighted by atomic mass is 16.5. The first-order chi connectivity index (χ1) is 10.3. The van der Waals surface area contributed by atoms with Crippen molar-refractivity contribution >= 4 is 5.95 Å². The summed E-state index contributed by atoms with van der Waals surface area (Å²) in [5.74, 6) is 1.25. The predicted octanol–water partition coefficient (Wildman–Crippen LogP) is 0.835. The number of ether oxygens (including phenoxy) is 2. The second-order valence-corrected chi connectivity index (χ2v) is 3.87. The van der Waals surface area contributed by atoms with Gasteiger partial charge in [-0.1, -0.05) is 12.1 Å². The molecule has 0 unspecified atom stereocenters. The summed E-state index contributed by atoms with van der Waals surface area (Å²) in [5.41, 5.74) is 5.65. The maximum absolute atomic E-state index is 5.65. The van der Waals surface area contributed by atoms with Crippen molar-refractivity contribution in [3.63, 3.8) is 0 Å². The second kappa shape index (κ2) is 5.41. The summed E-state index contributed by atoms with van der Waals surface area (Å²) in [4.78, 5) is 15.8. The summed E-state index contributed by atoms with van der Waals surface area (Å²) in [6.45, 7) is 0. The molecule has 9 heteroatoms. The Morgan fingerprint density at radius 2 is 1.90 bits per heavy atom. The van der Waals surface area contributed by atoms with Gasteiger partial charge in [0.1, 0.15) is 12.7 Å². The van der Waals surface area contributed by atoms with E-state index in [9.17, 15) is 0 Å². The van der Waals surface area contributed by atoms with Crippen molar-refractivity contribution in [3.05, 3.63) is 36.9 Å². The number of methoxy groups -OCH3 is 1. The maximum Gasteiger partial charge on any atom is 0.328 e. The number of nitrogen functional groups attached to an aromatic ring is 1. The van der Waals surface area contributed by atoms with Crippen molar-refractivity contribution in [2.45, 2.75) is 0 Å². The highest BCUT2D eigenvalue weighted by Crippen LogP contribution is 2.29. The first-order valence-electron chi connectivity index (χ1n) is 5.93. The molecule has 2 N–H and O–H groups in total. The number of para-hydroxylation sites is 2. The number of aromatic nitrogens is 6. The van der Waals surface area contributed by atoms with Gasteiger partial charge in [0.25, 0.3) is 5.95 Å². The average Bonchev–Trinajstić information content (AvgIpc) is 3.01. The molecule has 1 aromatic carbocycles. The fourth-order valence-electron chi connectivity index (χ4n) is 1.62. The Hall–Kier alpha value is -3.23. The van der Waals surface area contributed by atoms with Crippen LogP contribution in [0.25, 0.3) is 5.95 Å². The molecule has 3 rings (SSSR count). The van der Waals surface area contributed by atoms with E-state index in [1.165, 1.54) is 17.3 Å². The lowest BCUT2D eigenvalue weighted by Gasteiger charge is -2.09. The minimum Gasteiger partial charge on any atom is -0.493 e. The third-order valence-corrected chi connectivity index (χ3v) is 2.51. The van der Waals surface area contributed by atoms with Gasteiger partial charge >= 0.3 is 6.01 Å². The van der Waals surface area contributed by atoms with E-state index in [1.54, 1.807) is 25.3 Å². The molecular weight excluding hydrogens is 274 g/mol. The molecule has 0 aliphatic heterocycles. The zero-order chi connectivity index (χ0) is 14.7. The molecule has 2 heterocycles. The summed E-state index contributed by atoms with van der Waals surface area (Å²) in [7, 11) is 1.55. The van der Waals surface area contributed by atoms with Crippen molar-refractivity contribution in [2.75, 3.05) is 12.8 Å². The van der Waals surface area contributed by atoms with Crippen LogP contribution in [0.3, 0.4) is 0 Å². The van der Waals surface area contributed by atoms with E-state index in [4.69, 9.17) is 15.2 Å². The average molecular weight is 285 g/mol. The number of hydrogen-bond acceptors (Lipinski definition) is 8. The lowest BCUT2D eigenvalue weighted by Crippen LogP contribution is -2.08. The van der Waals surface area contributed by atoms with Gasteiger partial charge < -0.3 is 15.2 Å². The molecule has 3 aromatic rings. The largest absolute Gasteiger partial charge is 0.493 e. The van der Waals surface area contributed by atoms with E-state index in [0.717, 1.165) is 0 Å². The third kappa shape index (κ3) is 2.71. The van der Waals surface area contributed by atoms with E-state index in [-0.39, 0.29) is 17.9 Å². The first-order valence-corrected chi connectivity index (χ1v) is 5.93. The first kappa shape index (κ1) is 12.8. The maximum atomic E-state index is 5.65. The van der Waals surface area contributed by atoms with Gasteiger partial charge in [0.05, 0.1) is 7.11 Å². The number of anilines is 1. The smallest absolute Gasteiger partial charge is 0.328 e. The summed E-state index contributed by atoms with van der Waals surface area (Å²) >= 11 is 0. The highest BCUT2D eigenvalue weighted by molar-refractivity contribution is 5.41. The predicted molar refractivity (Wildman–Crippen MR) is 72.2 cm³/mol. The molecule has 0 saturated carbocycles. The lowest BCUT2D eigenvalue weighted by atomic mass is 10.3. The van der Waals surface area contributed by atoms with Gasteiger partial charge in [-0.25, -0.2) is 4.98 Å². The molecule has 0 fully saturated rings. The Kier molecular flexibility index (Phi) is 3.29. The summed E-state index contributed by atoms with van der Waals surface area (Å²) in [5, 5.41) is 3.93. The van der Waals surface area contributed by atoms with Crippen LogP contribution in [0.2, 0.25) is 0 Å². The van der Waals surface area contributed by atoms with Crippen LogP contribution in [0.4, 0.5) is 5.95 Å². The van der Waals surface area contributed by atoms with Gasteiger partial charge in [0, 0.05) is 0 Å². The lowest BCUT2D eigenvalue weighted by molar-refractivity contribution is 0.367. The van der Waals surface area contributed by atoms with Gasteiger partial charge in [-0.3, -0.25) is 0 Å². The van der Waals surface area contributed by atoms with E-state index in [0.29, 0.717) is 11.5 Å². The highest BCUT2D eigenvalue weighted by Gasteiger charge is 2.11. The standard InChI is InChI=1S/C12H11N7O2/c1-20-8-4-2-3-5-9(8)21-12-17-10(13)16-11(18-12)19-7-14-6-15-19/h2-7H,1H3,(H2,13,16,17,18).